The summed E-state index contributed by atoms with van der Waals surface area (Å²) in [5.41, 5.74) is 6.09. The predicted molar refractivity (Wildman–Crippen MR) is 129 cm³/mol. The molecule has 1 aromatic carbocycles. The van der Waals surface area contributed by atoms with E-state index in [1.54, 1.807) is 6.07 Å². The van der Waals surface area contributed by atoms with E-state index in [0.717, 1.165) is 10.9 Å². The topological polar surface area (TPSA) is 174 Å². The van der Waals surface area contributed by atoms with Crippen LogP contribution in [0, 0.1) is 11.3 Å². The summed E-state index contributed by atoms with van der Waals surface area (Å²) in [6.45, 7) is -0.0871. The number of anilines is 2. The van der Waals surface area contributed by atoms with Crippen molar-refractivity contribution in [2.45, 2.75) is 12.7 Å². The zero-order valence-electron chi connectivity index (χ0n) is 19.6. The number of nitrogens with two attached hydrogens (primary N) is 1. The normalized spacial score (nSPS) is 11.3. The van der Waals surface area contributed by atoms with Crippen molar-refractivity contribution in [1.29, 1.82) is 5.26 Å². The lowest BCUT2D eigenvalue weighted by Crippen LogP contribution is -2.26. The summed E-state index contributed by atoms with van der Waals surface area (Å²) in [5.74, 6) is -0.908. The average Bonchev–Trinajstić information content (AvgIpc) is 3.51. The molecule has 0 fully saturated rings. The van der Waals surface area contributed by atoms with E-state index in [-0.39, 0.29) is 70.9 Å². The van der Waals surface area contributed by atoms with Crippen LogP contribution in [0.15, 0.2) is 36.9 Å². The second-order valence-electron chi connectivity index (χ2n) is 7.57. The number of carbonyl (C=O) groups is 2. The average molecular weight is 564 g/mol. The molecule has 202 valence electrons. The highest BCUT2D eigenvalue weighted by Gasteiger charge is 2.38. The zero-order chi connectivity index (χ0) is 28.2. The number of halogens is 4. The van der Waals surface area contributed by atoms with E-state index < -0.39 is 17.8 Å². The molecule has 4 rings (SSSR count). The number of nitriles is 1. The summed E-state index contributed by atoms with van der Waals surface area (Å²) in [6.07, 6.45) is 0.173. The Kier molecular flexibility index (Phi) is 7.95. The maximum atomic E-state index is 13.7. The quantitative estimate of drug-likeness (QED) is 0.148. The molecule has 0 saturated carbocycles. The monoisotopic (exact) mass is 563 g/mol. The minimum atomic E-state index is -4.80. The number of carbonyl (C=O) groups excluding carboxylic acids is 2. The molecule has 4 N–H and O–H groups in total. The van der Waals surface area contributed by atoms with Crippen LogP contribution in [0.2, 0.25) is 5.02 Å². The Morgan fingerprint density at radius 1 is 1.31 bits per heavy atom. The van der Waals surface area contributed by atoms with Crippen molar-refractivity contribution in [3.63, 3.8) is 0 Å². The molecule has 3 heterocycles. The number of nitrogens with zero attached hydrogens (tertiary/aromatic N) is 6. The number of hydrogen-bond acceptors (Lipinski definition) is 10. The first kappa shape index (κ1) is 27.3. The molecule has 0 aliphatic heterocycles. The summed E-state index contributed by atoms with van der Waals surface area (Å²) in [7, 11) is 0. The number of ether oxygens (including phenoxy) is 1. The summed E-state index contributed by atoms with van der Waals surface area (Å²) in [6, 6.07) is 4.43. The molecular formula is C22H17ClF3N9O4. The van der Waals surface area contributed by atoms with Gasteiger partial charge in [-0.15, -0.1) is 0 Å². The number of imidazole rings is 1. The van der Waals surface area contributed by atoms with Crippen molar-refractivity contribution in [1.82, 2.24) is 29.6 Å². The molecule has 0 spiro atoms. The third kappa shape index (κ3) is 5.60. The van der Waals surface area contributed by atoms with Crippen LogP contribution in [0.25, 0.3) is 16.9 Å². The van der Waals surface area contributed by atoms with Crippen molar-refractivity contribution >= 4 is 41.1 Å². The van der Waals surface area contributed by atoms with Crippen molar-refractivity contribution in [3.8, 4) is 23.1 Å². The van der Waals surface area contributed by atoms with Crippen LogP contribution in [-0.2, 0) is 22.4 Å². The first-order valence-electron chi connectivity index (χ1n) is 10.9. The van der Waals surface area contributed by atoms with E-state index in [1.165, 1.54) is 35.1 Å². The SMILES string of the molecule is N#CCn1cc(-c2cnc3c(Nc4ccc(C(=O)NOCCN)c(Cl)c4OC=O)nccn23)c(C(F)(F)F)n1. The molecule has 0 saturated heterocycles. The van der Waals surface area contributed by atoms with Gasteiger partial charge in [-0.05, 0) is 12.1 Å². The Morgan fingerprint density at radius 2 is 2.10 bits per heavy atom. The van der Waals surface area contributed by atoms with Crippen LogP contribution in [0.4, 0.5) is 24.7 Å². The molecule has 1 amide bonds. The van der Waals surface area contributed by atoms with Crippen LogP contribution < -0.4 is 21.3 Å². The zero-order valence-corrected chi connectivity index (χ0v) is 20.3. The minimum absolute atomic E-state index is 0.0267. The van der Waals surface area contributed by atoms with Gasteiger partial charge in [0, 0.05) is 25.1 Å². The first-order valence-corrected chi connectivity index (χ1v) is 11.2. The molecule has 0 aliphatic rings. The van der Waals surface area contributed by atoms with Gasteiger partial charge in [0.25, 0.3) is 12.4 Å². The molecule has 0 radical (unpaired) electrons. The number of nitrogens with one attached hydrogen (secondary N) is 2. The van der Waals surface area contributed by atoms with Gasteiger partial charge in [0.15, 0.2) is 22.9 Å². The predicted octanol–water partition coefficient (Wildman–Crippen LogP) is 2.69. The number of aromatic nitrogens is 5. The molecule has 3 aromatic heterocycles. The molecule has 0 atom stereocenters. The number of rotatable bonds is 10. The Morgan fingerprint density at radius 3 is 2.79 bits per heavy atom. The number of fused-ring (bicyclic) bond motifs is 1. The third-order valence-corrected chi connectivity index (χ3v) is 5.49. The van der Waals surface area contributed by atoms with Crippen LogP contribution in [0.5, 0.6) is 5.75 Å². The lowest BCUT2D eigenvalue weighted by molar-refractivity contribution is -0.141. The first-order chi connectivity index (χ1) is 18.7. The largest absolute Gasteiger partial charge is 0.435 e. The fraction of sp³-hybridized carbons (Fsp3) is 0.182. The molecule has 0 aliphatic carbocycles. The van der Waals surface area contributed by atoms with Crippen molar-refractivity contribution in [3.05, 3.63) is 53.2 Å². The molecular weight excluding hydrogens is 547 g/mol. The van der Waals surface area contributed by atoms with Crippen molar-refractivity contribution < 1.29 is 32.3 Å². The van der Waals surface area contributed by atoms with E-state index in [1.807, 2.05) is 0 Å². The van der Waals surface area contributed by atoms with Gasteiger partial charge in [-0.3, -0.25) is 23.5 Å². The summed E-state index contributed by atoms with van der Waals surface area (Å²) < 4.78 is 48.2. The van der Waals surface area contributed by atoms with Gasteiger partial charge >= 0.3 is 6.18 Å². The Labute approximate surface area is 221 Å². The highest BCUT2D eigenvalue weighted by atomic mass is 35.5. The van der Waals surface area contributed by atoms with Crippen LogP contribution in [0.3, 0.4) is 0 Å². The summed E-state index contributed by atoms with van der Waals surface area (Å²) in [5, 5.41) is 15.0. The highest BCUT2D eigenvalue weighted by Crippen LogP contribution is 2.39. The maximum Gasteiger partial charge on any atom is 0.435 e. The Hall–Kier alpha value is -4.72. The molecule has 17 heteroatoms. The van der Waals surface area contributed by atoms with Gasteiger partial charge in [-0.2, -0.15) is 23.5 Å². The number of amides is 1. The van der Waals surface area contributed by atoms with Gasteiger partial charge in [-0.1, -0.05) is 11.6 Å². The van der Waals surface area contributed by atoms with E-state index in [0.29, 0.717) is 0 Å². The van der Waals surface area contributed by atoms with E-state index in [4.69, 9.17) is 32.2 Å². The van der Waals surface area contributed by atoms with E-state index in [2.05, 4.69) is 25.9 Å². The highest BCUT2D eigenvalue weighted by molar-refractivity contribution is 6.36. The third-order valence-electron chi connectivity index (χ3n) is 5.11. The van der Waals surface area contributed by atoms with Gasteiger partial charge in [0.1, 0.15) is 6.54 Å². The number of alkyl halides is 3. The van der Waals surface area contributed by atoms with Gasteiger partial charge in [0.05, 0.1) is 46.4 Å². The fourth-order valence-electron chi connectivity index (χ4n) is 3.53. The molecule has 0 unspecified atom stereocenters. The molecule has 4 aromatic rings. The number of hydroxylamine groups is 1. The number of hydrogen-bond donors (Lipinski definition) is 3. The summed E-state index contributed by atoms with van der Waals surface area (Å²) >= 11 is 6.31. The van der Waals surface area contributed by atoms with Gasteiger partial charge < -0.3 is 15.8 Å². The minimum Gasteiger partial charge on any atom is -0.425 e. The molecule has 0 bridgehead atoms. The summed E-state index contributed by atoms with van der Waals surface area (Å²) in [4.78, 5) is 36.8. The van der Waals surface area contributed by atoms with Crippen LogP contribution in [0.1, 0.15) is 16.1 Å². The standard InChI is InChI=1S/C22H17ClF3N9O4/c23-16-12(21(37)33-39-8-4-28)1-2-14(17(16)38-11-36)31-19-20-30-9-15(35(20)7-5-29-19)13-10-34(6-3-27)32-18(13)22(24,25)26/h1-2,5,7,9-11H,4,6,8,28H2,(H,29,31)(H,33,37). The lowest BCUT2D eigenvalue weighted by Gasteiger charge is -2.14. The second kappa shape index (κ2) is 11.3. The Bertz CT molecular complexity index is 1580. The van der Waals surface area contributed by atoms with E-state index in [9.17, 15) is 22.8 Å². The van der Waals surface area contributed by atoms with Crippen molar-refractivity contribution in [2.24, 2.45) is 5.73 Å². The molecule has 13 nitrogen and oxygen atoms in total. The van der Waals surface area contributed by atoms with E-state index >= 15 is 0 Å². The van der Waals surface area contributed by atoms with Gasteiger partial charge in [-0.25, -0.2) is 15.4 Å². The second-order valence-corrected chi connectivity index (χ2v) is 7.95. The van der Waals surface area contributed by atoms with Crippen LogP contribution >= 0.6 is 11.6 Å². The van der Waals surface area contributed by atoms with Crippen molar-refractivity contribution in [2.75, 3.05) is 18.5 Å². The maximum absolute atomic E-state index is 13.7. The smallest absolute Gasteiger partial charge is 0.425 e. The lowest BCUT2D eigenvalue weighted by atomic mass is 10.1. The van der Waals surface area contributed by atoms with Crippen LogP contribution in [-0.4, -0.2) is 49.7 Å². The Balaban J connectivity index is 1.74. The fourth-order valence-corrected chi connectivity index (χ4v) is 3.82. The van der Waals surface area contributed by atoms with Gasteiger partial charge in [0.2, 0.25) is 0 Å². The number of benzene rings is 1. The molecule has 39 heavy (non-hydrogen) atoms.